The summed E-state index contributed by atoms with van der Waals surface area (Å²) in [7, 11) is -3.57. The molecule has 118 valence electrons. The van der Waals surface area contributed by atoms with E-state index < -0.39 is 10.0 Å². The van der Waals surface area contributed by atoms with E-state index in [1.165, 1.54) is 6.07 Å². The van der Waals surface area contributed by atoms with E-state index in [4.69, 9.17) is 4.42 Å². The van der Waals surface area contributed by atoms with Gasteiger partial charge in [0.1, 0.15) is 5.76 Å². The number of nitrogens with one attached hydrogen (secondary N) is 2. The zero-order chi connectivity index (χ0) is 15.5. The van der Waals surface area contributed by atoms with Crippen LogP contribution in [-0.2, 0) is 16.6 Å². The SMILES string of the molecule is CC(C)(C)NCc1ccc(S(=O)(=O)NC2CC=CCC2)o1. The number of furan rings is 1. The van der Waals surface area contributed by atoms with Crippen molar-refractivity contribution in [3.63, 3.8) is 0 Å². The summed E-state index contributed by atoms with van der Waals surface area (Å²) in [4.78, 5) is 0. The summed E-state index contributed by atoms with van der Waals surface area (Å²) in [6.45, 7) is 6.65. The predicted octanol–water partition coefficient (Wildman–Crippen LogP) is 2.55. The zero-order valence-corrected chi connectivity index (χ0v) is 13.7. The first-order valence-corrected chi connectivity index (χ1v) is 8.76. The third-order valence-electron chi connectivity index (χ3n) is 3.29. The van der Waals surface area contributed by atoms with Gasteiger partial charge >= 0.3 is 0 Å². The average molecular weight is 312 g/mol. The van der Waals surface area contributed by atoms with Crippen molar-refractivity contribution in [2.24, 2.45) is 0 Å². The monoisotopic (exact) mass is 312 g/mol. The lowest BCUT2D eigenvalue weighted by Crippen LogP contribution is -2.35. The van der Waals surface area contributed by atoms with Crippen molar-refractivity contribution in [2.75, 3.05) is 0 Å². The molecule has 2 N–H and O–H groups in total. The van der Waals surface area contributed by atoms with Crippen LogP contribution >= 0.6 is 0 Å². The van der Waals surface area contributed by atoms with E-state index in [1.807, 2.05) is 26.8 Å². The quantitative estimate of drug-likeness (QED) is 0.820. The van der Waals surface area contributed by atoms with Crippen molar-refractivity contribution in [1.29, 1.82) is 0 Å². The van der Waals surface area contributed by atoms with Crippen LogP contribution < -0.4 is 10.0 Å². The van der Waals surface area contributed by atoms with E-state index in [-0.39, 0.29) is 16.7 Å². The van der Waals surface area contributed by atoms with Gasteiger partial charge in [0.25, 0.3) is 10.0 Å². The molecule has 0 bridgehead atoms. The van der Waals surface area contributed by atoms with Gasteiger partial charge in [-0.05, 0) is 52.2 Å². The Bertz CT molecular complexity index is 597. The van der Waals surface area contributed by atoms with Crippen LogP contribution in [-0.4, -0.2) is 20.0 Å². The van der Waals surface area contributed by atoms with Crippen LogP contribution in [0, 0.1) is 0 Å². The van der Waals surface area contributed by atoms with E-state index in [9.17, 15) is 8.42 Å². The lowest BCUT2D eigenvalue weighted by atomic mass is 10.0. The van der Waals surface area contributed by atoms with Gasteiger partial charge in [-0.25, -0.2) is 13.1 Å². The first-order chi connectivity index (χ1) is 9.76. The molecular formula is C15H24N2O3S. The Morgan fingerprint density at radius 2 is 2.05 bits per heavy atom. The number of allylic oxidation sites excluding steroid dienone is 1. The lowest BCUT2D eigenvalue weighted by molar-refractivity contribution is 0.358. The van der Waals surface area contributed by atoms with E-state index in [2.05, 4.69) is 16.1 Å². The number of hydrogen-bond donors (Lipinski definition) is 2. The molecule has 1 aromatic rings. The maximum Gasteiger partial charge on any atom is 0.274 e. The van der Waals surface area contributed by atoms with Crippen molar-refractivity contribution >= 4 is 10.0 Å². The van der Waals surface area contributed by atoms with Gasteiger partial charge in [-0.15, -0.1) is 0 Å². The molecule has 0 radical (unpaired) electrons. The van der Waals surface area contributed by atoms with Gasteiger partial charge in [0.15, 0.2) is 0 Å². The predicted molar refractivity (Wildman–Crippen MR) is 82.4 cm³/mol. The van der Waals surface area contributed by atoms with Gasteiger partial charge in [-0.1, -0.05) is 12.2 Å². The fourth-order valence-electron chi connectivity index (χ4n) is 2.13. The second-order valence-corrected chi connectivity index (χ2v) is 8.07. The summed E-state index contributed by atoms with van der Waals surface area (Å²) in [5.74, 6) is 0.619. The van der Waals surface area contributed by atoms with Gasteiger partial charge in [-0.3, -0.25) is 0 Å². The molecule has 21 heavy (non-hydrogen) atoms. The Morgan fingerprint density at radius 1 is 1.29 bits per heavy atom. The van der Waals surface area contributed by atoms with Crippen LogP contribution in [0.25, 0.3) is 0 Å². The topological polar surface area (TPSA) is 71.3 Å². The van der Waals surface area contributed by atoms with Gasteiger partial charge in [0.2, 0.25) is 5.09 Å². The normalized spacial score (nSPS) is 19.9. The molecule has 6 heteroatoms. The van der Waals surface area contributed by atoms with Crippen LogP contribution in [0.2, 0.25) is 0 Å². The lowest BCUT2D eigenvalue weighted by Gasteiger charge is -2.19. The van der Waals surface area contributed by atoms with Crippen LogP contribution in [0.4, 0.5) is 0 Å². The Hall–Kier alpha value is -1.11. The molecule has 0 saturated carbocycles. The maximum atomic E-state index is 12.3. The molecule has 2 rings (SSSR count). The highest BCUT2D eigenvalue weighted by Gasteiger charge is 2.23. The first-order valence-electron chi connectivity index (χ1n) is 7.27. The molecule has 0 amide bonds. The number of hydrogen-bond acceptors (Lipinski definition) is 4. The second-order valence-electron chi connectivity index (χ2n) is 6.43. The standard InChI is InChI=1S/C15H24N2O3S/c1-15(2,3)16-11-13-9-10-14(20-13)21(18,19)17-12-7-5-4-6-8-12/h4-5,9-10,12,16-17H,6-8,11H2,1-3H3. The highest BCUT2D eigenvalue weighted by atomic mass is 32.2. The molecule has 0 fully saturated rings. The maximum absolute atomic E-state index is 12.3. The zero-order valence-electron chi connectivity index (χ0n) is 12.8. The summed E-state index contributed by atoms with van der Waals surface area (Å²) < 4.78 is 32.7. The van der Waals surface area contributed by atoms with E-state index in [0.29, 0.717) is 12.3 Å². The fourth-order valence-corrected chi connectivity index (χ4v) is 3.36. The molecule has 1 atom stereocenters. The Balaban J connectivity index is 2.00. The fraction of sp³-hybridized carbons (Fsp3) is 0.600. The molecule has 1 heterocycles. The van der Waals surface area contributed by atoms with Crippen LogP contribution in [0.15, 0.2) is 33.8 Å². The average Bonchev–Trinajstić information content (AvgIpc) is 2.86. The minimum absolute atomic E-state index is 0.0113. The molecule has 0 spiro atoms. The molecule has 1 aromatic heterocycles. The molecule has 0 aliphatic heterocycles. The van der Waals surface area contributed by atoms with E-state index in [0.717, 1.165) is 19.3 Å². The summed E-state index contributed by atoms with van der Waals surface area (Å²) in [5.41, 5.74) is -0.0431. The molecule has 1 unspecified atom stereocenters. The van der Waals surface area contributed by atoms with Crippen LogP contribution in [0.5, 0.6) is 0 Å². The number of rotatable bonds is 5. The Morgan fingerprint density at radius 3 is 2.67 bits per heavy atom. The highest BCUT2D eigenvalue weighted by Crippen LogP contribution is 2.18. The molecule has 5 nitrogen and oxygen atoms in total. The summed E-state index contributed by atoms with van der Waals surface area (Å²) >= 11 is 0. The van der Waals surface area contributed by atoms with Crippen molar-refractivity contribution in [2.45, 2.75) is 63.3 Å². The highest BCUT2D eigenvalue weighted by molar-refractivity contribution is 7.89. The molecular weight excluding hydrogens is 288 g/mol. The molecule has 0 aromatic carbocycles. The van der Waals surface area contributed by atoms with Gasteiger partial charge in [0, 0.05) is 11.6 Å². The molecule has 1 aliphatic rings. The first kappa shape index (κ1) is 16.3. The van der Waals surface area contributed by atoms with Crippen molar-refractivity contribution in [3.05, 3.63) is 30.0 Å². The van der Waals surface area contributed by atoms with Crippen LogP contribution in [0.1, 0.15) is 45.8 Å². The Labute approximate surface area is 126 Å². The second kappa shape index (κ2) is 6.34. The van der Waals surface area contributed by atoms with Crippen molar-refractivity contribution in [3.8, 4) is 0 Å². The Kier molecular flexibility index (Phi) is 4.91. The third kappa shape index (κ3) is 4.98. The van der Waals surface area contributed by atoms with Gasteiger partial charge < -0.3 is 9.73 Å². The smallest absolute Gasteiger partial charge is 0.274 e. The van der Waals surface area contributed by atoms with E-state index in [1.54, 1.807) is 6.07 Å². The van der Waals surface area contributed by atoms with Crippen molar-refractivity contribution in [1.82, 2.24) is 10.0 Å². The minimum atomic E-state index is -3.57. The van der Waals surface area contributed by atoms with Crippen LogP contribution in [0.3, 0.4) is 0 Å². The summed E-state index contributed by atoms with van der Waals surface area (Å²) in [5, 5.41) is 3.25. The molecule has 1 aliphatic carbocycles. The minimum Gasteiger partial charge on any atom is -0.447 e. The van der Waals surface area contributed by atoms with Crippen molar-refractivity contribution < 1.29 is 12.8 Å². The third-order valence-corrected chi connectivity index (χ3v) is 4.68. The van der Waals surface area contributed by atoms with E-state index >= 15 is 0 Å². The molecule has 0 saturated heterocycles. The summed E-state index contributed by atoms with van der Waals surface area (Å²) in [6.07, 6.45) is 6.56. The number of sulfonamides is 1. The largest absolute Gasteiger partial charge is 0.447 e. The summed E-state index contributed by atoms with van der Waals surface area (Å²) in [6, 6.07) is 3.18. The van der Waals surface area contributed by atoms with Gasteiger partial charge in [0.05, 0.1) is 6.54 Å². The van der Waals surface area contributed by atoms with Gasteiger partial charge in [-0.2, -0.15) is 0 Å².